The summed E-state index contributed by atoms with van der Waals surface area (Å²) in [6.07, 6.45) is 38.3. The van der Waals surface area contributed by atoms with Gasteiger partial charge >= 0.3 is 7.60 Å². The Kier molecular flexibility index (Phi) is 55.0. The van der Waals surface area contributed by atoms with Crippen molar-refractivity contribution in [3.8, 4) is 36.5 Å². The van der Waals surface area contributed by atoms with E-state index < -0.39 is 7.60 Å². The van der Waals surface area contributed by atoms with Crippen LogP contribution in [0.4, 0.5) is 0 Å². The van der Waals surface area contributed by atoms with E-state index >= 15 is 0 Å². The fraction of sp³-hybridized carbons (Fsp3) is 0.344. The number of ketones is 2. The topological polar surface area (TPSA) is 116 Å². The number of benzene rings is 4. The first-order valence-corrected chi connectivity index (χ1v) is 39.3. The molecule has 0 atom stereocenters. The predicted molar refractivity (Wildman–Crippen MR) is 393 cm³/mol. The Balaban J connectivity index is 0. The van der Waals surface area contributed by atoms with Gasteiger partial charge in [0.2, 0.25) is 11.7 Å². The second-order valence-electron chi connectivity index (χ2n) is 17.3. The maximum Gasteiger partial charge on any atom is 0.337 e. The quantitative estimate of drug-likeness (QED) is 0.0130. The van der Waals surface area contributed by atoms with E-state index in [1.165, 1.54) is 76.5 Å². The molecule has 0 aromatic heterocycles. The molecule has 0 saturated heterocycles. The molecule has 0 bridgehead atoms. The lowest BCUT2D eigenvalue weighted by atomic mass is 9.93. The number of amides is 1. The number of aryl methyl sites for hydroxylation is 1. The van der Waals surface area contributed by atoms with Crippen molar-refractivity contribution in [3.63, 3.8) is 0 Å². The molecule has 0 radical (unpaired) electrons. The summed E-state index contributed by atoms with van der Waals surface area (Å²) in [7, 11) is 6.23. The molecule has 87 heavy (non-hydrogen) atoms. The normalized spacial score (nSPS) is 11.0. The Morgan fingerprint density at radius 2 is 1.26 bits per heavy atom. The zero-order chi connectivity index (χ0) is 65.7. The Morgan fingerprint density at radius 3 is 1.69 bits per heavy atom. The van der Waals surface area contributed by atoms with Gasteiger partial charge < -0.3 is 13.8 Å². The van der Waals surface area contributed by atoms with Gasteiger partial charge in [-0.05, 0) is 130 Å². The lowest BCUT2D eigenvalue weighted by Gasteiger charge is -2.16. The maximum atomic E-state index is 12.2. The van der Waals surface area contributed by atoms with Crippen molar-refractivity contribution in [1.29, 1.82) is 0 Å². The van der Waals surface area contributed by atoms with Crippen LogP contribution >= 0.6 is 54.0 Å². The minimum Gasteiger partial charge on any atom is -0.309 e. The van der Waals surface area contributed by atoms with Crippen LogP contribution in [-0.2, 0) is 135 Å². The second kappa shape index (κ2) is 56.2. The SMILES string of the molecule is C#CCCC/C=C/c1ccccc1Cl.C#CCCCC=O.CC(=O)C#CCCC/C=C/c1ccccc1Cl.CC(=O)c1c2c(cc3c(Cl)cccc13)CCC2.CCOP(=O)(CC1=C(Cl)C=[C+]C=C1)OCC.CON(C)C(C)=O.S=S=S=S.S=S=S=S=S. The number of carbonyl (C=O) groups excluding carboxylic acids is 4. The van der Waals surface area contributed by atoms with E-state index in [0.29, 0.717) is 24.7 Å². The highest BCUT2D eigenvalue weighted by molar-refractivity contribution is 8.59. The van der Waals surface area contributed by atoms with E-state index in [9.17, 15) is 23.7 Å². The minimum absolute atomic E-state index is 0.0726. The molecule has 6 rings (SSSR count). The lowest BCUT2D eigenvalue weighted by Crippen LogP contribution is -2.21. The van der Waals surface area contributed by atoms with Gasteiger partial charge in [-0.25, -0.2) is 5.06 Å². The van der Waals surface area contributed by atoms with Gasteiger partial charge in [0.1, 0.15) is 24.6 Å². The van der Waals surface area contributed by atoms with Crippen LogP contribution in [0.15, 0.2) is 114 Å². The van der Waals surface area contributed by atoms with E-state index in [1.54, 1.807) is 46.0 Å². The van der Waals surface area contributed by atoms with Gasteiger partial charge in [-0.1, -0.05) is 114 Å². The van der Waals surface area contributed by atoms with E-state index in [4.69, 9.17) is 68.3 Å². The smallest absolute Gasteiger partial charge is 0.309 e. The summed E-state index contributed by atoms with van der Waals surface area (Å²) < 4.78 is 22.6. The van der Waals surface area contributed by atoms with Crippen LogP contribution < -0.4 is 0 Å². The Hall–Kier alpha value is -3.84. The lowest BCUT2D eigenvalue weighted by molar-refractivity contribution is -0.165. The van der Waals surface area contributed by atoms with Crippen molar-refractivity contribution in [2.24, 2.45) is 0 Å². The van der Waals surface area contributed by atoms with Crippen molar-refractivity contribution >= 4 is 190 Å². The largest absolute Gasteiger partial charge is 0.337 e. The summed E-state index contributed by atoms with van der Waals surface area (Å²) in [5.74, 6) is 10.4. The summed E-state index contributed by atoms with van der Waals surface area (Å²) in [5, 5.41) is 5.99. The first kappa shape index (κ1) is 85.2. The first-order valence-electron chi connectivity index (χ1n) is 26.8. The van der Waals surface area contributed by atoms with Gasteiger partial charge in [0.05, 0.1) is 32.0 Å². The van der Waals surface area contributed by atoms with E-state index in [0.717, 1.165) is 130 Å². The van der Waals surface area contributed by atoms with Crippen LogP contribution in [0.2, 0.25) is 15.1 Å². The molecule has 23 heteroatoms. The highest BCUT2D eigenvalue weighted by atomic mass is 35.5. The summed E-state index contributed by atoms with van der Waals surface area (Å²) in [4.78, 5) is 46.7. The molecule has 468 valence electrons. The Bertz CT molecular complexity index is 3360. The van der Waals surface area contributed by atoms with Crippen molar-refractivity contribution in [2.75, 3.05) is 33.5 Å². The molecule has 2 aliphatic rings. The highest BCUT2D eigenvalue weighted by Gasteiger charge is 2.29. The number of carbonyl (C=O) groups is 4. The number of allylic oxidation sites excluding steroid dienone is 8. The zero-order valence-corrected chi connectivity index (χ0v) is 60.9. The number of rotatable bonds is 19. The standard InChI is InChI=1S/C15H13ClO.C15H15ClO.C13H13Cl.C11H15ClO3P.C6H8O.C4H9NO2.S5.S4/c1-9(17)15-11-5-2-4-10(11)8-13-12(15)6-3-7-14(13)16;1-13(17)9-5-3-2-4-6-10-14-11-7-8-12-15(14)16;1-2-3-4-5-6-9-12-10-7-8-11-13(12)14;1-3-14-16(13,15-4-2)9-10-7-5-6-8-11(10)12;1-2-3-4-5-6-7;1-4(6)5(2)7-3;1-3-5-4-2;1-3-4-2/h3,6-8H,2,4-5H2,1H3;6-8,10-12H,2-4H2,1H3;1,6-11H,3-5H2;5,7-8H,3-4,9H2,1-2H3;1,6H,3-5H2;1-3H3;;/q;;;+1;;;;/b;10-6+;9-6+;;;;;. The van der Waals surface area contributed by atoms with E-state index in [-0.39, 0.29) is 23.6 Å². The van der Waals surface area contributed by atoms with Crippen molar-refractivity contribution in [3.05, 3.63) is 163 Å². The van der Waals surface area contributed by atoms with Gasteiger partial charge in [-0.2, -0.15) is 0 Å². The van der Waals surface area contributed by atoms with Crippen LogP contribution in [0.5, 0.6) is 0 Å². The number of terminal acetylenes is 2. The van der Waals surface area contributed by atoms with Gasteiger partial charge in [-0.3, -0.25) is 23.8 Å². The zero-order valence-electron chi connectivity index (χ0n) is 49.7. The number of halogens is 4. The van der Waals surface area contributed by atoms with E-state index in [1.807, 2.05) is 78.9 Å². The van der Waals surface area contributed by atoms with Crippen molar-refractivity contribution in [2.45, 2.75) is 112 Å². The predicted octanol–water partition coefficient (Wildman–Crippen LogP) is 17.1. The summed E-state index contributed by atoms with van der Waals surface area (Å²) in [6.45, 7) is 8.84. The molecule has 4 aromatic carbocycles. The van der Waals surface area contributed by atoms with Gasteiger partial charge in [0, 0.05) is 179 Å². The van der Waals surface area contributed by atoms with Gasteiger partial charge in [0.15, 0.2) is 10.8 Å². The minimum atomic E-state index is -3.07. The average molecular weight is 1450 g/mol. The van der Waals surface area contributed by atoms with Gasteiger partial charge in [0.25, 0.3) is 0 Å². The molecular weight excluding hydrogens is 1370 g/mol. The van der Waals surface area contributed by atoms with Crippen LogP contribution in [0.1, 0.15) is 131 Å². The average Bonchev–Trinajstić information content (AvgIpc) is 2.22. The molecular formula is C64H73Cl4NO8PS9+. The number of hydrogen-bond acceptors (Lipinski definition) is 12. The molecule has 0 heterocycles. The fourth-order valence-electron chi connectivity index (χ4n) is 7.04. The van der Waals surface area contributed by atoms with Crippen LogP contribution in [-0.4, -0.2) is 62.4 Å². The number of fused-ring (bicyclic) bond motifs is 2. The fourth-order valence-corrected chi connectivity index (χ4v) is 12.4. The molecule has 0 spiro atoms. The number of nitrogens with zero attached hydrogens (tertiary/aromatic N) is 1. The molecule has 0 unspecified atom stereocenters. The molecule has 0 fully saturated rings. The number of aldehydes is 1. The summed E-state index contributed by atoms with van der Waals surface area (Å²) >= 11 is 41.7. The summed E-state index contributed by atoms with van der Waals surface area (Å²) in [6, 6.07) is 23.5. The number of hydrogen-bond donors (Lipinski definition) is 0. The molecule has 2 aliphatic carbocycles. The monoisotopic (exact) mass is 1440 g/mol. The Morgan fingerprint density at radius 1 is 0.736 bits per heavy atom. The van der Waals surface area contributed by atoms with Crippen molar-refractivity contribution in [1.82, 2.24) is 5.06 Å². The third-order valence-corrected chi connectivity index (χ3v) is 21.0. The maximum absolute atomic E-state index is 12.2. The molecule has 0 saturated carbocycles. The number of unbranched alkanes of at least 4 members (excludes halogenated alkanes) is 6. The van der Waals surface area contributed by atoms with Crippen LogP contribution in [0.3, 0.4) is 0 Å². The molecule has 0 N–H and O–H groups in total. The molecule has 9 nitrogen and oxygen atoms in total. The number of hydroxylamine groups is 2. The Labute approximate surface area is 571 Å². The van der Waals surface area contributed by atoms with E-state index in [2.05, 4.69) is 97.6 Å². The molecule has 4 aromatic rings. The van der Waals surface area contributed by atoms with Crippen LogP contribution in [0, 0.1) is 42.6 Å². The highest BCUT2D eigenvalue weighted by Crippen LogP contribution is 2.50. The van der Waals surface area contributed by atoms with Gasteiger partial charge in [-0.15, -0.1) is 24.7 Å². The second-order valence-corrected chi connectivity index (χ2v) is 29.8. The van der Waals surface area contributed by atoms with Crippen LogP contribution in [0.25, 0.3) is 22.9 Å². The molecule has 0 aliphatic heterocycles. The third-order valence-electron chi connectivity index (χ3n) is 10.9. The third kappa shape index (κ3) is 42.0. The summed E-state index contributed by atoms with van der Waals surface area (Å²) in [5.41, 5.74) is 6.28. The first-order chi connectivity index (χ1) is 41.8. The number of Topliss-reactive ketones (excluding diaryl/α,β-unsaturated/α-hetero) is 2. The van der Waals surface area contributed by atoms with Crippen molar-refractivity contribution < 1.29 is 37.6 Å². The molecule has 1 amide bonds.